The van der Waals surface area contributed by atoms with Crippen molar-refractivity contribution in [3.63, 3.8) is 0 Å². The Kier molecular flexibility index (Phi) is 3.98. The highest BCUT2D eigenvalue weighted by molar-refractivity contribution is 9.10. The standard InChI is InChI=1S/C11H8BrClFN3O/c1-18-11-3-2-10(16-17-11)15-9-4-6(12)8(14)5-7(9)13/h2-5H,1H3,(H,15,16). The summed E-state index contributed by atoms with van der Waals surface area (Å²) in [6.45, 7) is 0. The zero-order valence-corrected chi connectivity index (χ0v) is 11.6. The van der Waals surface area contributed by atoms with Gasteiger partial charge in [0.1, 0.15) is 5.82 Å². The van der Waals surface area contributed by atoms with E-state index in [0.717, 1.165) is 0 Å². The number of nitrogens with zero attached hydrogens (tertiary/aromatic N) is 2. The van der Waals surface area contributed by atoms with Crippen LogP contribution in [-0.2, 0) is 0 Å². The second-order valence-electron chi connectivity index (χ2n) is 3.33. The van der Waals surface area contributed by atoms with E-state index in [4.69, 9.17) is 16.3 Å². The maximum atomic E-state index is 13.2. The average Bonchev–Trinajstić information content (AvgIpc) is 2.37. The van der Waals surface area contributed by atoms with E-state index in [-0.39, 0.29) is 5.02 Å². The van der Waals surface area contributed by atoms with Crippen molar-refractivity contribution in [2.45, 2.75) is 0 Å². The van der Waals surface area contributed by atoms with E-state index in [1.165, 1.54) is 19.2 Å². The fourth-order valence-electron chi connectivity index (χ4n) is 1.25. The minimum atomic E-state index is -0.425. The molecular formula is C11H8BrClFN3O. The number of hydrogen-bond acceptors (Lipinski definition) is 4. The van der Waals surface area contributed by atoms with Crippen molar-refractivity contribution in [2.75, 3.05) is 12.4 Å². The first-order valence-electron chi connectivity index (χ1n) is 4.89. The fraction of sp³-hybridized carbons (Fsp3) is 0.0909. The van der Waals surface area contributed by atoms with Crippen molar-refractivity contribution in [3.05, 3.63) is 39.6 Å². The Bertz CT molecular complexity index is 565. The molecule has 0 saturated carbocycles. The maximum Gasteiger partial charge on any atom is 0.233 e. The van der Waals surface area contributed by atoms with Gasteiger partial charge in [0.15, 0.2) is 5.82 Å². The Morgan fingerprint density at radius 1 is 1.33 bits per heavy atom. The van der Waals surface area contributed by atoms with Gasteiger partial charge in [0, 0.05) is 6.07 Å². The molecule has 0 aliphatic carbocycles. The monoisotopic (exact) mass is 331 g/mol. The van der Waals surface area contributed by atoms with Crippen molar-refractivity contribution in [3.8, 4) is 5.88 Å². The molecule has 2 rings (SSSR count). The molecule has 0 amide bonds. The second-order valence-corrected chi connectivity index (χ2v) is 4.59. The molecule has 1 heterocycles. The van der Waals surface area contributed by atoms with E-state index < -0.39 is 5.82 Å². The topological polar surface area (TPSA) is 47.0 Å². The molecule has 2 aromatic rings. The Morgan fingerprint density at radius 3 is 2.72 bits per heavy atom. The molecule has 94 valence electrons. The molecule has 1 aromatic heterocycles. The number of anilines is 2. The van der Waals surface area contributed by atoms with Crippen molar-refractivity contribution in [1.29, 1.82) is 0 Å². The van der Waals surface area contributed by atoms with Gasteiger partial charge in [0.05, 0.1) is 22.3 Å². The highest BCUT2D eigenvalue weighted by atomic mass is 79.9. The van der Waals surface area contributed by atoms with Crippen LogP contribution >= 0.6 is 27.5 Å². The van der Waals surface area contributed by atoms with Crippen molar-refractivity contribution >= 4 is 39.0 Å². The van der Waals surface area contributed by atoms with Crippen LogP contribution < -0.4 is 10.1 Å². The van der Waals surface area contributed by atoms with Gasteiger partial charge in [-0.2, -0.15) is 0 Å². The lowest BCUT2D eigenvalue weighted by atomic mass is 10.3. The van der Waals surface area contributed by atoms with Crippen LogP contribution in [-0.4, -0.2) is 17.3 Å². The molecular weight excluding hydrogens is 324 g/mol. The zero-order chi connectivity index (χ0) is 13.1. The van der Waals surface area contributed by atoms with Gasteiger partial charge < -0.3 is 10.1 Å². The van der Waals surface area contributed by atoms with E-state index in [1.54, 1.807) is 12.1 Å². The van der Waals surface area contributed by atoms with Crippen molar-refractivity contribution in [2.24, 2.45) is 0 Å². The highest BCUT2D eigenvalue weighted by Gasteiger charge is 2.07. The number of aromatic nitrogens is 2. The molecule has 0 atom stereocenters. The third-order valence-electron chi connectivity index (χ3n) is 2.12. The van der Waals surface area contributed by atoms with Crippen LogP contribution in [0.25, 0.3) is 0 Å². The van der Waals surface area contributed by atoms with E-state index in [2.05, 4.69) is 31.4 Å². The smallest absolute Gasteiger partial charge is 0.233 e. The number of halogens is 3. The first-order chi connectivity index (χ1) is 8.60. The van der Waals surface area contributed by atoms with Gasteiger partial charge in [-0.1, -0.05) is 11.6 Å². The van der Waals surface area contributed by atoms with Crippen molar-refractivity contribution < 1.29 is 9.13 Å². The molecule has 1 aromatic carbocycles. The summed E-state index contributed by atoms with van der Waals surface area (Å²) in [5.74, 6) is 0.467. The molecule has 1 N–H and O–H groups in total. The van der Waals surface area contributed by atoms with E-state index in [9.17, 15) is 4.39 Å². The number of nitrogens with one attached hydrogen (secondary N) is 1. The molecule has 0 unspecified atom stereocenters. The second kappa shape index (κ2) is 5.49. The summed E-state index contributed by atoms with van der Waals surface area (Å²) in [6.07, 6.45) is 0. The number of rotatable bonds is 3. The normalized spacial score (nSPS) is 10.2. The van der Waals surface area contributed by atoms with Crippen LogP contribution in [0.5, 0.6) is 5.88 Å². The minimum Gasteiger partial charge on any atom is -0.480 e. The Balaban J connectivity index is 2.25. The molecule has 0 fully saturated rings. The van der Waals surface area contributed by atoms with E-state index in [1.807, 2.05) is 0 Å². The summed E-state index contributed by atoms with van der Waals surface area (Å²) in [5.41, 5.74) is 0.532. The predicted molar refractivity (Wildman–Crippen MR) is 71.0 cm³/mol. The van der Waals surface area contributed by atoms with Crippen molar-refractivity contribution in [1.82, 2.24) is 10.2 Å². The molecule has 7 heteroatoms. The van der Waals surface area contributed by atoms with Gasteiger partial charge in [-0.05, 0) is 34.1 Å². The molecule has 0 aliphatic heterocycles. The maximum absolute atomic E-state index is 13.2. The molecule has 0 aliphatic rings. The summed E-state index contributed by atoms with van der Waals surface area (Å²) in [7, 11) is 1.51. The number of benzene rings is 1. The Hall–Kier alpha value is -1.40. The van der Waals surface area contributed by atoms with Crippen LogP contribution in [0.3, 0.4) is 0 Å². The molecule has 0 spiro atoms. The first kappa shape index (κ1) is 13.0. The Labute approximate surface area is 116 Å². The number of hydrogen-bond donors (Lipinski definition) is 1. The van der Waals surface area contributed by atoms with Gasteiger partial charge in [0.2, 0.25) is 5.88 Å². The third kappa shape index (κ3) is 2.88. The van der Waals surface area contributed by atoms with Crippen LogP contribution in [0.4, 0.5) is 15.9 Å². The van der Waals surface area contributed by atoms with Gasteiger partial charge in [-0.3, -0.25) is 0 Å². The summed E-state index contributed by atoms with van der Waals surface area (Å²) in [4.78, 5) is 0. The SMILES string of the molecule is COc1ccc(Nc2cc(Br)c(F)cc2Cl)nn1. The van der Waals surface area contributed by atoms with Gasteiger partial charge in [-0.15, -0.1) is 10.2 Å². The summed E-state index contributed by atoms with van der Waals surface area (Å²) in [5, 5.41) is 10.9. The summed E-state index contributed by atoms with van der Waals surface area (Å²) in [6, 6.07) is 6.08. The Morgan fingerprint density at radius 2 is 2.11 bits per heavy atom. The first-order valence-corrected chi connectivity index (χ1v) is 6.06. The minimum absolute atomic E-state index is 0.258. The van der Waals surface area contributed by atoms with Crippen LogP contribution in [0.2, 0.25) is 5.02 Å². The highest BCUT2D eigenvalue weighted by Crippen LogP contribution is 2.30. The average molecular weight is 333 g/mol. The van der Waals surface area contributed by atoms with Gasteiger partial charge in [0.25, 0.3) is 0 Å². The molecule has 4 nitrogen and oxygen atoms in total. The lowest BCUT2D eigenvalue weighted by molar-refractivity contribution is 0.392. The summed E-state index contributed by atoms with van der Waals surface area (Å²) < 4.78 is 18.4. The lowest BCUT2D eigenvalue weighted by Gasteiger charge is -2.08. The van der Waals surface area contributed by atoms with E-state index in [0.29, 0.717) is 21.9 Å². The fourth-order valence-corrected chi connectivity index (χ4v) is 1.79. The number of methoxy groups -OCH3 is 1. The van der Waals surface area contributed by atoms with E-state index >= 15 is 0 Å². The largest absolute Gasteiger partial charge is 0.480 e. The van der Waals surface area contributed by atoms with Gasteiger partial charge in [-0.25, -0.2) is 4.39 Å². The van der Waals surface area contributed by atoms with Gasteiger partial charge >= 0.3 is 0 Å². The van der Waals surface area contributed by atoms with Crippen LogP contribution in [0.15, 0.2) is 28.7 Å². The van der Waals surface area contributed by atoms with Crippen LogP contribution in [0, 0.1) is 5.82 Å². The molecule has 0 radical (unpaired) electrons. The lowest BCUT2D eigenvalue weighted by Crippen LogP contribution is -1.98. The third-order valence-corrected chi connectivity index (χ3v) is 3.04. The molecule has 0 saturated heterocycles. The number of ether oxygens (including phenoxy) is 1. The quantitative estimate of drug-likeness (QED) is 0.869. The molecule has 18 heavy (non-hydrogen) atoms. The predicted octanol–water partition coefficient (Wildman–Crippen LogP) is 3.78. The van der Waals surface area contributed by atoms with Crippen LogP contribution in [0.1, 0.15) is 0 Å². The zero-order valence-electron chi connectivity index (χ0n) is 9.25. The molecule has 0 bridgehead atoms. The summed E-state index contributed by atoms with van der Waals surface area (Å²) >= 11 is 9.00.